The largest absolute Gasteiger partial charge is 0.422 e. The number of benzene rings is 2. The Hall–Kier alpha value is -3.12. The fourth-order valence-corrected chi connectivity index (χ4v) is 2.43. The molecule has 3 aromatic rings. The van der Waals surface area contributed by atoms with Crippen LogP contribution in [-0.2, 0) is 0 Å². The van der Waals surface area contributed by atoms with E-state index in [4.69, 9.17) is 16.3 Å². The zero-order valence-electron chi connectivity index (χ0n) is 14.2. The van der Waals surface area contributed by atoms with Crippen molar-refractivity contribution in [3.8, 4) is 17.0 Å². The average Bonchev–Trinajstić information content (AvgIpc) is 3.12. The van der Waals surface area contributed by atoms with Crippen molar-refractivity contribution in [2.45, 2.75) is 0 Å². The van der Waals surface area contributed by atoms with Crippen molar-refractivity contribution in [1.82, 2.24) is 15.1 Å². The van der Waals surface area contributed by atoms with Gasteiger partial charge in [0, 0.05) is 30.2 Å². The van der Waals surface area contributed by atoms with Gasteiger partial charge in [-0.05, 0) is 36.4 Å². The summed E-state index contributed by atoms with van der Waals surface area (Å²) in [4.78, 5) is 25.8. The van der Waals surface area contributed by atoms with Crippen molar-refractivity contribution in [2.24, 2.45) is 0 Å². The summed E-state index contributed by atoms with van der Waals surface area (Å²) in [6.07, 6.45) is 0. The number of halogens is 1. The zero-order chi connectivity index (χ0) is 18.7. The van der Waals surface area contributed by atoms with E-state index in [9.17, 15) is 9.59 Å². The molecule has 0 aliphatic heterocycles. The van der Waals surface area contributed by atoms with Gasteiger partial charge in [-0.1, -0.05) is 29.8 Å². The minimum absolute atomic E-state index is 0.172. The van der Waals surface area contributed by atoms with E-state index in [1.165, 1.54) is 11.0 Å². The molecule has 1 amide bonds. The van der Waals surface area contributed by atoms with E-state index < -0.39 is 5.97 Å². The first-order valence-corrected chi connectivity index (χ1v) is 8.17. The Balaban J connectivity index is 1.76. The Bertz CT molecular complexity index is 949. The van der Waals surface area contributed by atoms with Crippen molar-refractivity contribution in [1.29, 1.82) is 0 Å². The molecule has 0 radical (unpaired) electrons. The van der Waals surface area contributed by atoms with Gasteiger partial charge in [0.25, 0.3) is 5.91 Å². The number of nitrogens with zero attached hydrogens (tertiary/aromatic N) is 2. The van der Waals surface area contributed by atoms with Crippen LogP contribution < -0.4 is 4.74 Å². The van der Waals surface area contributed by atoms with Gasteiger partial charge < -0.3 is 9.64 Å². The van der Waals surface area contributed by atoms with E-state index in [1.807, 2.05) is 12.1 Å². The number of aromatic amines is 1. The van der Waals surface area contributed by atoms with Crippen molar-refractivity contribution < 1.29 is 14.3 Å². The van der Waals surface area contributed by atoms with Gasteiger partial charge in [0.1, 0.15) is 11.4 Å². The summed E-state index contributed by atoms with van der Waals surface area (Å²) in [5.41, 5.74) is 2.07. The van der Waals surface area contributed by atoms with Crippen LogP contribution >= 0.6 is 11.6 Å². The number of amides is 1. The molecule has 132 valence electrons. The summed E-state index contributed by atoms with van der Waals surface area (Å²) in [6.45, 7) is 0. The van der Waals surface area contributed by atoms with E-state index in [-0.39, 0.29) is 17.4 Å². The van der Waals surface area contributed by atoms with Crippen LogP contribution in [0.5, 0.6) is 5.75 Å². The lowest BCUT2D eigenvalue weighted by Crippen LogP contribution is -2.21. The topological polar surface area (TPSA) is 75.3 Å². The molecule has 0 aliphatic carbocycles. The molecule has 0 fully saturated rings. The highest BCUT2D eigenvalue weighted by Crippen LogP contribution is 2.21. The molecule has 2 aromatic carbocycles. The number of aromatic nitrogens is 2. The van der Waals surface area contributed by atoms with Crippen LogP contribution in [0.4, 0.5) is 0 Å². The maximum atomic E-state index is 12.3. The second kappa shape index (κ2) is 7.41. The van der Waals surface area contributed by atoms with Gasteiger partial charge in [0.05, 0.1) is 5.69 Å². The van der Waals surface area contributed by atoms with E-state index >= 15 is 0 Å². The first-order chi connectivity index (χ1) is 12.4. The summed E-state index contributed by atoms with van der Waals surface area (Å²) < 4.78 is 5.34. The fraction of sp³-hybridized carbons (Fsp3) is 0.105. The molecule has 7 heteroatoms. The summed E-state index contributed by atoms with van der Waals surface area (Å²) in [5.74, 6) is -0.480. The highest BCUT2D eigenvalue weighted by atomic mass is 35.5. The zero-order valence-corrected chi connectivity index (χ0v) is 14.9. The van der Waals surface area contributed by atoms with Crippen LogP contribution in [0.25, 0.3) is 11.3 Å². The van der Waals surface area contributed by atoms with E-state index in [0.717, 1.165) is 5.56 Å². The van der Waals surface area contributed by atoms with Gasteiger partial charge >= 0.3 is 5.97 Å². The third kappa shape index (κ3) is 3.92. The average molecular weight is 370 g/mol. The van der Waals surface area contributed by atoms with Crippen molar-refractivity contribution >= 4 is 23.5 Å². The number of carbonyl (C=O) groups excluding carboxylic acids is 2. The second-order valence-corrected chi connectivity index (χ2v) is 6.23. The highest BCUT2D eigenvalue weighted by molar-refractivity contribution is 6.30. The molecule has 1 N–H and O–H groups in total. The monoisotopic (exact) mass is 369 g/mol. The van der Waals surface area contributed by atoms with Crippen LogP contribution in [-0.4, -0.2) is 41.1 Å². The Labute approximate surface area is 155 Å². The first kappa shape index (κ1) is 17.7. The molecule has 0 saturated heterocycles. The van der Waals surface area contributed by atoms with Crippen molar-refractivity contribution in [3.05, 3.63) is 70.9 Å². The predicted molar refractivity (Wildman–Crippen MR) is 98.5 cm³/mol. The molecule has 0 aliphatic rings. The SMILES string of the molecule is CN(C)C(=O)c1cccc(OC(=O)c2cc(-c3ccc(Cl)cc3)n[nH]2)c1. The lowest BCUT2D eigenvalue weighted by Gasteiger charge is -2.11. The molecule has 1 aromatic heterocycles. The Morgan fingerprint density at radius 1 is 1.08 bits per heavy atom. The molecule has 0 saturated carbocycles. The second-order valence-electron chi connectivity index (χ2n) is 5.79. The maximum Gasteiger partial charge on any atom is 0.361 e. The Morgan fingerprint density at radius 2 is 1.81 bits per heavy atom. The molecule has 26 heavy (non-hydrogen) atoms. The summed E-state index contributed by atoms with van der Waals surface area (Å²) in [5, 5.41) is 7.40. The Kier molecular flexibility index (Phi) is 5.04. The number of esters is 1. The third-order valence-corrected chi connectivity index (χ3v) is 3.89. The Morgan fingerprint density at radius 3 is 2.50 bits per heavy atom. The molecule has 6 nitrogen and oxygen atoms in total. The van der Waals surface area contributed by atoms with Crippen LogP contribution in [0.2, 0.25) is 5.02 Å². The minimum Gasteiger partial charge on any atom is -0.422 e. The smallest absolute Gasteiger partial charge is 0.361 e. The number of hydrogen-bond donors (Lipinski definition) is 1. The fourth-order valence-electron chi connectivity index (χ4n) is 2.31. The molecule has 0 bridgehead atoms. The summed E-state index contributed by atoms with van der Waals surface area (Å²) in [7, 11) is 3.31. The van der Waals surface area contributed by atoms with Crippen LogP contribution in [0.15, 0.2) is 54.6 Å². The number of hydrogen-bond acceptors (Lipinski definition) is 4. The van der Waals surface area contributed by atoms with E-state index in [2.05, 4.69) is 10.2 Å². The number of ether oxygens (including phenoxy) is 1. The van der Waals surface area contributed by atoms with Crippen LogP contribution in [0, 0.1) is 0 Å². The molecule has 1 heterocycles. The van der Waals surface area contributed by atoms with Gasteiger partial charge in [-0.3, -0.25) is 9.89 Å². The quantitative estimate of drug-likeness (QED) is 0.562. The lowest BCUT2D eigenvalue weighted by atomic mass is 10.1. The lowest BCUT2D eigenvalue weighted by molar-refractivity contribution is 0.0725. The van der Waals surface area contributed by atoms with E-state index in [0.29, 0.717) is 16.3 Å². The standard InChI is InChI=1S/C19H16ClN3O3/c1-23(2)18(24)13-4-3-5-15(10-13)26-19(25)17-11-16(21-22-17)12-6-8-14(20)9-7-12/h3-11H,1-2H3,(H,21,22). The third-order valence-electron chi connectivity index (χ3n) is 3.64. The van der Waals surface area contributed by atoms with Gasteiger partial charge in [-0.25, -0.2) is 4.79 Å². The van der Waals surface area contributed by atoms with Gasteiger partial charge in [-0.15, -0.1) is 0 Å². The number of rotatable bonds is 4. The van der Waals surface area contributed by atoms with Crippen molar-refractivity contribution in [3.63, 3.8) is 0 Å². The first-order valence-electron chi connectivity index (χ1n) is 7.79. The van der Waals surface area contributed by atoms with Gasteiger partial charge in [-0.2, -0.15) is 5.10 Å². The molecule has 3 rings (SSSR count). The molecule has 0 unspecified atom stereocenters. The molecular formula is C19H16ClN3O3. The minimum atomic E-state index is -0.591. The molecular weight excluding hydrogens is 354 g/mol. The van der Waals surface area contributed by atoms with Gasteiger partial charge in [0.15, 0.2) is 0 Å². The van der Waals surface area contributed by atoms with Crippen LogP contribution in [0.1, 0.15) is 20.8 Å². The van der Waals surface area contributed by atoms with Crippen molar-refractivity contribution in [2.75, 3.05) is 14.1 Å². The number of H-pyrrole nitrogens is 1. The number of nitrogens with one attached hydrogen (secondary N) is 1. The summed E-state index contributed by atoms with van der Waals surface area (Å²) >= 11 is 5.87. The molecule has 0 atom stereocenters. The maximum absolute atomic E-state index is 12.3. The highest BCUT2D eigenvalue weighted by Gasteiger charge is 2.15. The van der Waals surface area contributed by atoms with Gasteiger partial charge in [0.2, 0.25) is 0 Å². The normalized spacial score (nSPS) is 10.4. The number of carbonyl (C=O) groups is 2. The van der Waals surface area contributed by atoms with E-state index in [1.54, 1.807) is 50.5 Å². The predicted octanol–water partition coefficient (Wildman–Crippen LogP) is 3.65. The molecule has 0 spiro atoms. The summed E-state index contributed by atoms with van der Waals surface area (Å²) in [6, 6.07) is 15.2. The van der Waals surface area contributed by atoms with Crippen LogP contribution in [0.3, 0.4) is 0 Å².